The van der Waals surface area contributed by atoms with Gasteiger partial charge in [-0.3, -0.25) is 4.79 Å². The lowest BCUT2D eigenvalue weighted by atomic mass is 9.81. The minimum atomic E-state index is -1.19. The number of benzene rings is 2. The Balaban J connectivity index is 2.05. The van der Waals surface area contributed by atoms with Crippen LogP contribution in [0.4, 0.5) is 11.4 Å². The molecule has 0 radical (unpaired) electrons. The van der Waals surface area contributed by atoms with Crippen molar-refractivity contribution in [3.05, 3.63) is 46.9 Å². The summed E-state index contributed by atoms with van der Waals surface area (Å²) in [5, 5.41) is 8.90. The molecular formula is C24H30BrNO4S. The first-order valence-electron chi connectivity index (χ1n) is 10.8. The first-order chi connectivity index (χ1) is 14.9. The van der Waals surface area contributed by atoms with Crippen molar-refractivity contribution < 1.29 is 19.2 Å². The van der Waals surface area contributed by atoms with Gasteiger partial charge in [0.15, 0.2) is 4.90 Å². The summed E-state index contributed by atoms with van der Waals surface area (Å²) in [7, 11) is 0. The first-order valence-corrected chi connectivity index (χ1v) is 12.9. The van der Waals surface area contributed by atoms with Crippen LogP contribution in [0, 0.1) is 5.41 Å². The van der Waals surface area contributed by atoms with Crippen molar-refractivity contribution >= 4 is 44.4 Å². The molecule has 2 atom stereocenters. The van der Waals surface area contributed by atoms with Crippen LogP contribution in [-0.2, 0) is 16.0 Å². The quantitative estimate of drug-likeness (QED) is 0.412. The van der Waals surface area contributed by atoms with Gasteiger partial charge in [-0.1, -0.05) is 44.9 Å². The van der Waals surface area contributed by atoms with E-state index in [2.05, 4.69) is 46.8 Å². The Morgan fingerprint density at radius 1 is 1.29 bits per heavy atom. The maximum Gasteiger partial charge on any atom is 0.306 e. The van der Waals surface area contributed by atoms with E-state index in [0.717, 1.165) is 53.0 Å². The standard InChI is InChI=1S/C24H30BrNO4S/c1-3-5-12-24(4-2)16-26(18-9-7-6-8-10-18)20-14-19(25)21(30-13-11-23(27)28)15-22(20)31(29)17-24/h6-10,14-15H,3-5,11-13,16-17H2,1-2H3,(H,27,28). The number of carboxylic acid groups (broad SMARTS) is 1. The van der Waals surface area contributed by atoms with Crippen molar-refractivity contribution in [3.63, 3.8) is 0 Å². The Morgan fingerprint density at radius 2 is 2.03 bits per heavy atom. The van der Waals surface area contributed by atoms with Gasteiger partial charge in [0.2, 0.25) is 0 Å². The largest absolute Gasteiger partial charge is 0.611 e. The lowest BCUT2D eigenvalue weighted by Gasteiger charge is -2.35. The van der Waals surface area contributed by atoms with Crippen molar-refractivity contribution in [1.29, 1.82) is 0 Å². The molecule has 0 aromatic heterocycles. The number of carbonyl (C=O) groups is 1. The van der Waals surface area contributed by atoms with Gasteiger partial charge in [0, 0.05) is 23.7 Å². The Hall–Kier alpha value is -1.70. The summed E-state index contributed by atoms with van der Waals surface area (Å²) in [6.45, 7) is 5.26. The highest BCUT2D eigenvalue weighted by Crippen LogP contribution is 2.46. The van der Waals surface area contributed by atoms with E-state index >= 15 is 0 Å². The van der Waals surface area contributed by atoms with Gasteiger partial charge in [0.25, 0.3) is 0 Å². The van der Waals surface area contributed by atoms with Crippen LogP contribution >= 0.6 is 15.9 Å². The summed E-state index contributed by atoms with van der Waals surface area (Å²) in [6, 6.07) is 14.0. The molecule has 1 aliphatic heterocycles. The van der Waals surface area contributed by atoms with E-state index in [1.165, 1.54) is 0 Å². The molecule has 168 valence electrons. The van der Waals surface area contributed by atoms with Gasteiger partial charge < -0.3 is 19.3 Å². The second kappa shape index (κ2) is 10.7. The Labute approximate surface area is 196 Å². The monoisotopic (exact) mass is 507 g/mol. The highest BCUT2D eigenvalue weighted by molar-refractivity contribution is 9.10. The number of hydrogen-bond acceptors (Lipinski definition) is 4. The fourth-order valence-electron chi connectivity index (χ4n) is 4.03. The SMILES string of the molecule is CCCCC1(CC)CN(c2ccccc2)c2cc(Br)c(OCCC(=O)O)cc2[S+]([O-])C1. The number of ether oxygens (including phenoxy) is 1. The maximum atomic E-state index is 13.6. The molecule has 1 aliphatic rings. The van der Waals surface area contributed by atoms with Gasteiger partial charge in [-0.15, -0.1) is 0 Å². The van der Waals surface area contributed by atoms with Gasteiger partial charge in [-0.25, -0.2) is 0 Å². The number of nitrogens with zero attached hydrogens (tertiary/aromatic N) is 1. The number of unbranched alkanes of at least 4 members (excludes halogenated alkanes) is 1. The van der Waals surface area contributed by atoms with E-state index in [0.29, 0.717) is 11.5 Å². The molecule has 1 N–H and O–H groups in total. The number of rotatable bonds is 9. The minimum absolute atomic E-state index is 0.0491. The van der Waals surface area contributed by atoms with Crippen LogP contribution in [0.5, 0.6) is 5.75 Å². The third kappa shape index (κ3) is 5.76. The minimum Gasteiger partial charge on any atom is -0.611 e. The number of carboxylic acids is 1. The molecule has 0 saturated carbocycles. The molecule has 0 amide bonds. The molecule has 5 nitrogen and oxygen atoms in total. The van der Waals surface area contributed by atoms with Crippen LogP contribution in [0.3, 0.4) is 0 Å². The summed E-state index contributed by atoms with van der Waals surface area (Å²) in [5.74, 6) is 0.225. The number of halogens is 1. The maximum absolute atomic E-state index is 13.6. The van der Waals surface area contributed by atoms with Gasteiger partial charge >= 0.3 is 5.97 Å². The molecule has 0 saturated heterocycles. The molecule has 31 heavy (non-hydrogen) atoms. The number of aliphatic carboxylic acids is 1. The Morgan fingerprint density at radius 3 is 2.68 bits per heavy atom. The lowest BCUT2D eigenvalue weighted by molar-refractivity contribution is -0.137. The average Bonchev–Trinajstić information content (AvgIpc) is 2.88. The normalized spacial score (nSPS) is 20.8. The molecular weight excluding hydrogens is 478 g/mol. The van der Waals surface area contributed by atoms with Crippen molar-refractivity contribution in [3.8, 4) is 5.75 Å². The van der Waals surface area contributed by atoms with Crippen LogP contribution in [-0.4, -0.2) is 34.5 Å². The van der Waals surface area contributed by atoms with Gasteiger partial charge in [-0.2, -0.15) is 0 Å². The number of hydrogen-bond donors (Lipinski definition) is 1. The highest BCUT2D eigenvalue weighted by Gasteiger charge is 2.41. The smallest absolute Gasteiger partial charge is 0.306 e. The number of fused-ring (bicyclic) bond motifs is 1. The molecule has 7 heteroatoms. The Kier molecular flexibility index (Phi) is 8.30. The molecule has 0 spiro atoms. The molecule has 0 aliphatic carbocycles. The summed E-state index contributed by atoms with van der Waals surface area (Å²) in [6.07, 6.45) is 4.13. The third-order valence-electron chi connectivity index (χ3n) is 5.93. The molecule has 0 fully saturated rings. The fraction of sp³-hybridized carbons (Fsp3) is 0.458. The zero-order chi connectivity index (χ0) is 22.4. The molecule has 1 heterocycles. The van der Waals surface area contributed by atoms with Crippen molar-refractivity contribution in [2.75, 3.05) is 23.8 Å². The van der Waals surface area contributed by atoms with Crippen LogP contribution in [0.25, 0.3) is 0 Å². The van der Waals surface area contributed by atoms with Crippen LogP contribution in [0.15, 0.2) is 51.8 Å². The second-order valence-corrected chi connectivity index (χ2v) is 10.4. The van der Waals surface area contributed by atoms with E-state index in [1.807, 2.05) is 30.3 Å². The van der Waals surface area contributed by atoms with Crippen molar-refractivity contribution in [2.45, 2.75) is 50.8 Å². The lowest BCUT2D eigenvalue weighted by Crippen LogP contribution is -2.37. The van der Waals surface area contributed by atoms with E-state index in [9.17, 15) is 9.35 Å². The highest BCUT2D eigenvalue weighted by atomic mass is 79.9. The predicted octanol–water partition coefficient (Wildman–Crippen LogP) is 6.15. The van der Waals surface area contributed by atoms with Gasteiger partial charge in [-0.05, 0) is 58.1 Å². The number of para-hydroxylation sites is 1. The first kappa shape index (κ1) is 24.0. The zero-order valence-corrected chi connectivity index (χ0v) is 20.5. The fourth-order valence-corrected chi connectivity index (χ4v) is 6.27. The van der Waals surface area contributed by atoms with E-state index in [4.69, 9.17) is 9.84 Å². The Bertz CT molecular complexity index is 895. The van der Waals surface area contributed by atoms with E-state index in [-0.39, 0.29) is 18.4 Å². The van der Waals surface area contributed by atoms with Crippen molar-refractivity contribution in [2.24, 2.45) is 5.41 Å². The summed E-state index contributed by atoms with van der Waals surface area (Å²) in [4.78, 5) is 13.9. The van der Waals surface area contributed by atoms with E-state index < -0.39 is 17.1 Å². The van der Waals surface area contributed by atoms with Gasteiger partial charge in [0.05, 0.1) is 23.2 Å². The molecule has 2 unspecified atom stereocenters. The zero-order valence-electron chi connectivity index (χ0n) is 18.1. The third-order valence-corrected chi connectivity index (χ3v) is 8.24. The second-order valence-electron chi connectivity index (χ2n) is 8.11. The number of anilines is 2. The molecule has 2 aromatic carbocycles. The van der Waals surface area contributed by atoms with Crippen LogP contribution in [0.1, 0.15) is 46.0 Å². The average molecular weight is 508 g/mol. The summed E-state index contributed by atoms with van der Waals surface area (Å²) >= 11 is 2.39. The van der Waals surface area contributed by atoms with Crippen molar-refractivity contribution in [1.82, 2.24) is 0 Å². The van der Waals surface area contributed by atoms with E-state index in [1.54, 1.807) is 0 Å². The van der Waals surface area contributed by atoms with Gasteiger partial charge in [0.1, 0.15) is 11.5 Å². The van der Waals surface area contributed by atoms with Crippen LogP contribution < -0.4 is 9.64 Å². The molecule has 2 aromatic rings. The topological polar surface area (TPSA) is 72.8 Å². The summed E-state index contributed by atoms with van der Waals surface area (Å²) < 4.78 is 20.0. The summed E-state index contributed by atoms with van der Waals surface area (Å²) in [5.41, 5.74) is 1.93. The molecule has 3 rings (SSSR count). The molecule has 0 bridgehead atoms. The predicted molar refractivity (Wildman–Crippen MR) is 129 cm³/mol. The van der Waals surface area contributed by atoms with Crippen LogP contribution in [0.2, 0.25) is 0 Å².